The van der Waals surface area contributed by atoms with Gasteiger partial charge in [-0.05, 0) is 75.5 Å². The molecule has 1 saturated heterocycles. The topological polar surface area (TPSA) is 65.2 Å². The Morgan fingerprint density at radius 1 is 1.19 bits per heavy atom. The summed E-state index contributed by atoms with van der Waals surface area (Å²) in [6.07, 6.45) is 2.51. The molecule has 0 spiro atoms. The van der Waals surface area contributed by atoms with Crippen LogP contribution in [-0.4, -0.2) is 28.9 Å². The molecule has 0 saturated carbocycles. The van der Waals surface area contributed by atoms with Crippen molar-refractivity contribution in [2.24, 2.45) is 0 Å². The number of carbonyl (C=O) groups is 1. The maximum atomic E-state index is 12.7. The van der Waals surface area contributed by atoms with E-state index < -0.39 is 0 Å². The van der Waals surface area contributed by atoms with E-state index in [4.69, 9.17) is 0 Å². The van der Waals surface area contributed by atoms with Gasteiger partial charge >= 0.3 is 0 Å². The summed E-state index contributed by atoms with van der Waals surface area (Å²) in [5.41, 5.74) is 5.09. The van der Waals surface area contributed by atoms with Crippen LogP contribution < -0.4 is 10.9 Å². The van der Waals surface area contributed by atoms with Crippen LogP contribution in [-0.2, 0) is 13.1 Å². The van der Waals surface area contributed by atoms with Crippen molar-refractivity contribution in [2.75, 3.05) is 13.1 Å². The molecular weight excluding hydrogens is 326 g/mol. The average molecular weight is 353 g/mol. The maximum Gasteiger partial charge on any atom is 0.253 e. The van der Waals surface area contributed by atoms with E-state index in [1.807, 2.05) is 39.0 Å². The Bertz CT molecular complexity index is 864. The number of aryl methyl sites for hydroxylation is 2. The third kappa shape index (κ3) is 4.05. The van der Waals surface area contributed by atoms with Crippen LogP contribution in [0.1, 0.15) is 51.1 Å². The lowest BCUT2D eigenvalue weighted by molar-refractivity contribution is 0.0950. The van der Waals surface area contributed by atoms with Gasteiger partial charge < -0.3 is 10.3 Å². The molecule has 1 aromatic heterocycles. The number of H-pyrrole nitrogens is 1. The van der Waals surface area contributed by atoms with Crippen molar-refractivity contribution in [3.63, 3.8) is 0 Å². The fourth-order valence-corrected chi connectivity index (χ4v) is 3.65. The number of nitrogens with zero attached hydrogens (tertiary/aromatic N) is 1. The largest absolute Gasteiger partial charge is 0.348 e. The Morgan fingerprint density at radius 3 is 2.62 bits per heavy atom. The summed E-state index contributed by atoms with van der Waals surface area (Å²) < 4.78 is 0. The molecule has 1 aromatic carbocycles. The number of nitrogens with one attached hydrogen (secondary N) is 2. The van der Waals surface area contributed by atoms with Crippen LogP contribution in [0.2, 0.25) is 0 Å². The van der Waals surface area contributed by atoms with Crippen LogP contribution in [0.25, 0.3) is 0 Å². The molecule has 1 fully saturated rings. The van der Waals surface area contributed by atoms with E-state index in [1.54, 1.807) is 0 Å². The number of aromatic nitrogens is 1. The summed E-state index contributed by atoms with van der Waals surface area (Å²) in [6.45, 7) is 9.14. The second kappa shape index (κ2) is 7.87. The number of carbonyl (C=O) groups excluding carboxylic acids is 1. The lowest BCUT2D eigenvalue weighted by Gasteiger charge is -2.18. The van der Waals surface area contributed by atoms with Crippen molar-refractivity contribution in [1.29, 1.82) is 0 Å². The van der Waals surface area contributed by atoms with E-state index in [-0.39, 0.29) is 18.0 Å². The molecule has 0 unspecified atom stereocenters. The minimum absolute atomic E-state index is 0.134. The van der Waals surface area contributed by atoms with E-state index in [2.05, 4.69) is 21.3 Å². The Labute approximate surface area is 154 Å². The first kappa shape index (κ1) is 18.4. The molecule has 2 N–H and O–H groups in total. The number of aromatic amines is 1. The molecule has 138 valence electrons. The summed E-state index contributed by atoms with van der Waals surface area (Å²) >= 11 is 0. The van der Waals surface area contributed by atoms with Gasteiger partial charge in [-0.15, -0.1) is 0 Å². The van der Waals surface area contributed by atoms with Gasteiger partial charge in [0.1, 0.15) is 0 Å². The predicted molar refractivity (Wildman–Crippen MR) is 103 cm³/mol. The molecule has 5 heteroatoms. The van der Waals surface area contributed by atoms with Crippen molar-refractivity contribution >= 4 is 5.91 Å². The third-order valence-electron chi connectivity index (χ3n) is 5.20. The summed E-state index contributed by atoms with van der Waals surface area (Å²) in [4.78, 5) is 30.0. The summed E-state index contributed by atoms with van der Waals surface area (Å²) in [7, 11) is 0. The van der Waals surface area contributed by atoms with Gasteiger partial charge in [0, 0.05) is 29.9 Å². The van der Waals surface area contributed by atoms with E-state index in [0.717, 1.165) is 36.5 Å². The number of amides is 1. The number of likely N-dealkylation sites (tertiary alicyclic amines) is 1. The number of pyridine rings is 1. The quantitative estimate of drug-likeness (QED) is 0.869. The highest BCUT2D eigenvalue weighted by Crippen LogP contribution is 2.19. The Balaban J connectivity index is 1.73. The molecule has 0 aliphatic carbocycles. The van der Waals surface area contributed by atoms with Gasteiger partial charge in [0.15, 0.2) is 0 Å². The van der Waals surface area contributed by atoms with Crippen molar-refractivity contribution in [3.8, 4) is 0 Å². The highest BCUT2D eigenvalue weighted by atomic mass is 16.1. The van der Waals surface area contributed by atoms with Gasteiger partial charge in [-0.1, -0.05) is 12.1 Å². The lowest BCUT2D eigenvalue weighted by Crippen LogP contribution is -2.28. The van der Waals surface area contributed by atoms with Gasteiger partial charge in [-0.2, -0.15) is 0 Å². The molecule has 0 radical (unpaired) electrons. The summed E-state index contributed by atoms with van der Waals surface area (Å²) in [6, 6.07) is 7.81. The third-order valence-corrected chi connectivity index (χ3v) is 5.20. The first-order valence-electron chi connectivity index (χ1n) is 9.24. The van der Waals surface area contributed by atoms with Gasteiger partial charge in [-0.25, -0.2) is 0 Å². The van der Waals surface area contributed by atoms with Crippen molar-refractivity contribution < 1.29 is 4.79 Å². The maximum absolute atomic E-state index is 12.7. The Kier molecular flexibility index (Phi) is 5.57. The molecule has 1 amide bonds. The van der Waals surface area contributed by atoms with Crippen molar-refractivity contribution in [2.45, 2.75) is 46.7 Å². The average Bonchev–Trinajstić information content (AvgIpc) is 3.08. The van der Waals surface area contributed by atoms with Gasteiger partial charge in [0.25, 0.3) is 11.5 Å². The highest BCUT2D eigenvalue weighted by molar-refractivity contribution is 5.95. The molecule has 0 atom stereocenters. The molecule has 26 heavy (non-hydrogen) atoms. The fourth-order valence-electron chi connectivity index (χ4n) is 3.65. The zero-order valence-corrected chi connectivity index (χ0v) is 15.8. The molecule has 0 bridgehead atoms. The smallest absolute Gasteiger partial charge is 0.253 e. The molecule has 3 rings (SSSR count). The molecular formula is C21H27N3O2. The SMILES string of the molecule is Cc1cc(C)c(CNC(=O)c2cccc(CN3CCCC3)c2C)c(=O)[nH]1. The predicted octanol–water partition coefficient (Wildman–Crippen LogP) is 2.83. The molecule has 1 aliphatic rings. The van der Waals surface area contributed by atoms with Crippen LogP contribution in [0, 0.1) is 20.8 Å². The molecule has 2 heterocycles. The van der Waals surface area contributed by atoms with Crippen LogP contribution >= 0.6 is 0 Å². The van der Waals surface area contributed by atoms with Crippen LogP contribution in [0.4, 0.5) is 0 Å². The minimum Gasteiger partial charge on any atom is -0.348 e. The number of benzene rings is 1. The second-order valence-electron chi connectivity index (χ2n) is 7.20. The van der Waals surface area contributed by atoms with E-state index in [1.165, 1.54) is 18.4 Å². The number of rotatable bonds is 5. The number of hydrogen-bond acceptors (Lipinski definition) is 3. The molecule has 2 aromatic rings. The Morgan fingerprint density at radius 2 is 1.92 bits per heavy atom. The van der Waals surface area contributed by atoms with E-state index in [9.17, 15) is 9.59 Å². The standard InChI is InChI=1S/C21H27N3O2/c1-14-11-15(2)23-21(26)19(14)12-22-20(25)18-8-6-7-17(16(18)3)13-24-9-4-5-10-24/h6-8,11H,4-5,9-10,12-13H2,1-3H3,(H,22,25)(H,23,26). The van der Waals surface area contributed by atoms with Crippen LogP contribution in [0.3, 0.4) is 0 Å². The first-order chi connectivity index (χ1) is 12.5. The highest BCUT2D eigenvalue weighted by Gasteiger charge is 2.16. The second-order valence-corrected chi connectivity index (χ2v) is 7.20. The zero-order valence-electron chi connectivity index (χ0n) is 15.8. The van der Waals surface area contributed by atoms with E-state index in [0.29, 0.717) is 11.1 Å². The molecule has 1 aliphatic heterocycles. The minimum atomic E-state index is -0.137. The van der Waals surface area contributed by atoms with Crippen molar-refractivity contribution in [1.82, 2.24) is 15.2 Å². The zero-order chi connectivity index (χ0) is 18.7. The Hall–Kier alpha value is -2.40. The van der Waals surface area contributed by atoms with Crippen LogP contribution in [0.5, 0.6) is 0 Å². The first-order valence-corrected chi connectivity index (χ1v) is 9.24. The normalized spacial score (nSPS) is 14.6. The fraction of sp³-hybridized carbons (Fsp3) is 0.429. The number of hydrogen-bond donors (Lipinski definition) is 2. The summed E-state index contributed by atoms with van der Waals surface area (Å²) in [5.74, 6) is -0.134. The van der Waals surface area contributed by atoms with Crippen molar-refractivity contribution in [3.05, 3.63) is 68.1 Å². The lowest BCUT2D eigenvalue weighted by atomic mass is 10.0. The van der Waals surface area contributed by atoms with Gasteiger partial charge in [0.05, 0.1) is 0 Å². The van der Waals surface area contributed by atoms with Gasteiger partial charge in [-0.3, -0.25) is 14.5 Å². The van der Waals surface area contributed by atoms with E-state index >= 15 is 0 Å². The summed E-state index contributed by atoms with van der Waals surface area (Å²) in [5, 5.41) is 2.91. The van der Waals surface area contributed by atoms with Crippen LogP contribution in [0.15, 0.2) is 29.1 Å². The monoisotopic (exact) mass is 353 g/mol. The molecule has 5 nitrogen and oxygen atoms in total. The van der Waals surface area contributed by atoms with Gasteiger partial charge in [0.2, 0.25) is 0 Å².